The van der Waals surface area contributed by atoms with Gasteiger partial charge in [-0.1, -0.05) is 0 Å². The van der Waals surface area contributed by atoms with E-state index in [4.69, 9.17) is 5.11 Å². The smallest absolute Gasteiger partial charge is 0.450 e. The number of hydrogen-bond acceptors (Lipinski definition) is 3. The van der Waals surface area contributed by atoms with E-state index in [1.54, 1.807) is 10.8 Å². The van der Waals surface area contributed by atoms with Gasteiger partial charge in [0.25, 0.3) is 0 Å². The Hall–Kier alpha value is -2.35. The summed E-state index contributed by atoms with van der Waals surface area (Å²) in [6, 6.07) is 5.22. The molecule has 0 spiro atoms. The Kier molecular flexibility index (Phi) is 2.98. The molecular formula is C13H7F3N2O2S. The number of aromatic carboxylic acids is 1. The van der Waals surface area contributed by atoms with Crippen molar-refractivity contribution in [1.82, 2.24) is 9.55 Å². The van der Waals surface area contributed by atoms with Crippen molar-refractivity contribution in [2.24, 2.45) is 0 Å². The fourth-order valence-electron chi connectivity index (χ4n) is 2.04. The van der Waals surface area contributed by atoms with Gasteiger partial charge in [0.1, 0.15) is 0 Å². The lowest BCUT2D eigenvalue weighted by atomic mass is 10.2. The van der Waals surface area contributed by atoms with E-state index in [0.717, 1.165) is 4.57 Å². The van der Waals surface area contributed by atoms with Gasteiger partial charge >= 0.3 is 12.1 Å². The molecule has 2 aromatic heterocycles. The number of nitrogens with zero attached hydrogens (tertiary/aromatic N) is 2. The Morgan fingerprint density at radius 2 is 2.05 bits per heavy atom. The molecule has 0 aliphatic carbocycles. The molecule has 0 saturated heterocycles. The van der Waals surface area contributed by atoms with Gasteiger partial charge in [0.2, 0.25) is 5.82 Å². The lowest BCUT2D eigenvalue weighted by molar-refractivity contribution is -0.145. The third kappa shape index (κ3) is 2.27. The minimum Gasteiger partial charge on any atom is -0.478 e. The summed E-state index contributed by atoms with van der Waals surface area (Å²) in [7, 11) is 0. The fourth-order valence-corrected chi connectivity index (χ4v) is 2.66. The second kappa shape index (κ2) is 4.59. The lowest BCUT2D eigenvalue weighted by Crippen LogP contribution is -2.13. The van der Waals surface area contributed by atoms with Gasteiger partial charge in [0, 0.05) is 5.38 Å². The molecule has 1 N–H and O–H groups in total. The van der Waals surface area contributed by atoms with Gasteiger partial charge in [-0.05, 0) is 29.6 Å². The molecule has 0 saturated carbocycles. The highest BCUT2D eigenvalue weighted by atomic mass is 32.1. The minimum atomic E-state index is -4.63. The third-order valence-electron chi connectivity index (χ3n) is 2.92. The molecule has 0 bridgehead atoms. The Bertz CT molecular complexity index is 822. The van der Waals surface area contributed by atoms with Gasteiger partial charge in [0.15, 0.2) is 0 Å². The molecule has 21 heavy (non-hydrogen) atoms. The summed E-state index contributed by atoms with van der Waals surface area (Å²) >= 11 is 1.24. The van der Waals surface area contributed by atoms with Crippen LogP contribution in [-0.2, 0) is 6.18 Å². The highest BCUT2D eigenvalue weighted by molar-refractivity contribution is 7.08. The van der Waals surface area contributed by atoms with E-state index in [0.29, 0.717) is 5.69 Å². The summed E-state index contributed by atoms with van der Waals surface area (Å²) < 4.78 is 40.4. The van der Waals surface area contributed by atoms with Crippen molar-refractivity contribution in [3.05, 3.63) is 46.4 Å². The first kappa shape index (κ1) is 13.6. The Labute approximate surface area is 120 Å². The van der Waals surface area contributed by atoms with E-state index >= 15 is 0 Å². The average Bonchev–Trinajstić information content (AvgIpc) is 3.03. The summed E-state index contributed by atoms with van der Waals surface area (Å²) in [5.74, 6) is -2.28. The van der Waals surface area contributed by atoms with Crippen LogP contribution in [0.4, 0.5) is 13.2 Å². The Morgan fingerprint density at radius 3 is 2.62 bits per heavy atom. The molecule has 3 rings (SSSR count). The first-order valence-corrected chi connectivity index (χ1v) is 6.68. The SMILES string of the molecule is O=C(O)c1ccc2nc(C(F)(F)F)n(-c3ccsc3)c2c1. The predicted octanol–water partition coefficient (Wildman–Crippen LogP) is 3.80. The number of rotatable bonds is 2. The van der Waals surface area contributed by atoms with Crippen LogP contribution in [0.1, 0.15) is 16.2 Å². The molecule has 0 radical (unpaired) electrons. The normalized spacial score (nSPS) is 12.0. The molecule has 0 atom stereocenters. The van der Waals surface area contributed by atoms with Crippen molar-refractivity contribution in [2.45, 2.75) is 6.18 Å². The topological polar surface area (TPSA) is 55.1 Å². The van der Waals surface area contributed by atoms with Crippen molar-refractivity contribution < 1.29 is 23.1 Å². The number of carboxylic acids is 1. The second-order valence-corrected chi connectivity index (χ2v) is 5.04. The van der Waals surface area contributed by atoms with E-state index in [2.05, 4.69) is 4.98 Å². The van der Waals surface area contributed by atoms with Gasteiger partial charge in [-0.2, -0.15) is 24.5 Å². The summed E-state index contributed by atoms with van der Waals surface area (Å²) in [6.07, 6.45) is -4.63. The van der Waals surface area contributed by atoms with Crippen LogP contribution < -0.4 is 0 Å². The van der Waals surface area contributed by atoms with Crippen LogP contribution in [0, 0.1) is 0 Å². The number of hydrogen-bond donors (Lipinski definition) is 1. The molecular weight excluding hydrogens is 305 g/mol. The first-order chi connectivity index (χ1) is 9.88. The monoisotopic (exact) mass is 312 g/mol. The molecule has 0 amide bonds. The summed E-state index contributed by atoms with van der Waals surface area (Å²) in [6.45, 7) is 0. The zero-order valence-corrected chi connectivity index (χ0v) is 11.1. The van der Waals surface area contributed by atoms with Gasteiger partial charge in [-0.3, -0.25) is 4.57 Å². The highest BCUT2D eigenvalue weighted by Gasteiger charge is 2.38. The third-order valence-corrected chi connectivity index (χ3v) is 3.59. The van der Waals surface area contributed by atoms with Gasteiger partial charge in [0.05, 0.1) is 22.3 Å². The molecule has 0 unspecified atom stereocenters. The first-order valence-electron chi connectivity index (χ1n) is 5.73. The molecule has 3 aromatic rings. The fraction of sp³-hybridized carbons (Fsp3) is 0.0769. The number of fused-ring (bicyclic) bond motifs is 1. The quantitative estimate of drug-likeness (QED) is 0.783. The van der Waals surface area contributed by atoms with Crippen molar-refractivity contribution in [3.8, 4) is 5.69 Å². The lowest BCUT2D eigenvalue weighted by Gasteiger charge is -2.09. The molecule has 8 heteroatoms. The number of alkyl halides is 3. The number of carbonyl (C=O) groups is 1. The number of carboxylic acid groups (broad SMARTS) is 1. The summed E-state index contributed by atoms with van der Waals surface area (Å²) in [4.78, 5) is 14.6. The van der Waals surface area contributed by atoms with Crippen LogP contribution in [0.2, 0.25) is 0 Å². The van der Waals surface area contributed by atoms with Crippen LogP contribution in [0.15, 0.2) is 35.0 Å². The van der Waals surface area contributed by atoms with Gasteiger partial charge in [-0.25, -0.2) is 9.78 Å². The molecule has 2 heterocycles. The molecule has 4 nitrogen and oxygen atoms in total. The number of imidazole rings is 1. The van der Waals surface area contributed by atoms with Crippen LogP contribution >= 0.6 is 11.3 Å². The van der Waals surface area contributed by atoms with Crippen LogP contribution in [0.3, 0.4) is 0 Å². The van der Waals surface area contributed by atoms with E-state index in [1.165, 1.54) is 35.6 Å². The number of benzene rings is 1. The van der Waals surface area contributed by atoms with Crippen molar-refractivity contribution in [2.75, 3.05) is 0 Å². The maximum absolute atomic E-state index is 13.1. The van der Waals surface area contributed by atoms with Crippen molar-refractivity contribution in [1.29, 1.82) is 0 Å². The molecule has 0 aliphatic rings. The van der Waals surface area contributed by atoms with Gasteiger partial charge in [-0.15, -0.1) is 0 Å². The van der Waals surface area contributed by atoms with Crippen LogP contribution in [-0.4, -0.2) is 20.6 Å². The van der Waals surface area contributed by atoms with Crippen molar-refractivity contribution >= 4 is 28.3 Å². The minimum absolute atomic E-state index is 0.0902. The summed E-state index contributed by atoms with van der Waals surface area (Å²) in [5.41, 5.74) is 0.420. The predicted molar refractivity (Wildman–Crippen MR) is 70.9 cm³/mol. The van der Waals surface area contributed by atoms with E-state index in [-0.39, 0.29) is 16.6 Å². The zero-order valence-electron chi connectivity index (χ0n) is 10.3. The molecule has 108 valence electrons. The standard InChI is InChI=1S/C13H7F3N2O2S/c14-13(15,16)12-17-9-2-1-7(11(19)20)5-10(9)18(12)8-3-4-21-6-8/h1-6H,(H,19,20). The van der Waals surface area contributed by atoms with Crippen LogP contribution in [0.25, 0.3) is 16.7 Å². The zero-order chi connectivity index (χ0) is 15.2. The molecule has 0 fully saturated rings. The maximum atomic E-state index is 13.1. The Morgan fingerprint density at radius 1 is 1.29 bits per heavy atom. The van der Waals surface area contributed by atoms with E-state index < -0.39 is 18.0 Å². The second-order valence-electron chi connectivity index (χ2n) is 4.26. The number of thiophene rings is 1. The highest BCUT2D eigenvalue weighted by Crippen LogP contribution is 2.34. The van der Waals surface area contributed by atoms with E-state index in [1.807, 2.05) is 0 Å². The molecule has 0 aliphatic heterocycles. The van der Waals surface area contributed by atoms with Crippen molar-refractivity contribution in [3.63, 3.8) is 0 Å². The van der Waals surface area contributed by atoms with Gasteiger partial charge < -0.3 is 5.11 Å². The molecule has 1 aromatic carbocycles. The largest absolute Gasteiger partial charge is 0.478 e. The summed E-state index contributed by atoms with van der Waals surface area (Å²) in [5, 5.41) is 12.2. The number of aromatic nitrogens is 2. The average molecular weight is 312 g/mol. The maximum Gasteiger partial charge on any atom is 0.450 e. The van der Waals surface area contributed by atoms with E-state index in [9.17, 15) is 18.0 Å². The van der Waals surface area contributed by atoms with Crippen LogP contribution in [0.5, 0.6) is 0 Å². The number of halogens is 3. The Balaban J connectivity index is 2.38.